The molecule has 27 heavy (non-hydrogen) atoms. The van der Waals surface area contributed by atoms with E-state index in [1.807, 2.05) is 30.3 Å². The van der Waals surface area contributed by atoms with E-state index in [9.17, 15) is 14.0 Å². The summed E-state index contributed by atoms with van der Waals surface area (Å²) in [5.74, 6) is -1.39. The lowest BCUT2D eigenvalue weighted by atomic mass is 10.0. The van der Waals surface area contributed by atoms with Crippen LogP contribution in [0.5, 0.6) is 0 Å². The molecule has 0 N–H and O–H groups in total. The molecule has 0 radical (unpaired) electrons. The van der Waals surface area contributed by atoms with E-state index in [1.165, 1.54) is 19.3 Å². The fourth-order valence-electron chi connectivity index (χ4n) is 3.13. The van der Waals surface area contributed by atoms with Crippen LogP contribution in [0.25, 0.3) is 6.08 Å². The highest BCUT2D eigenvalue weighted by molar-refractivity contribution is 6.16. The molecule has 1 heterocycles. The van der Waals surface area contributed by atoms with Gasteiger partial charge in [-0.25, -0.2) is 9.18 Å². The second-order valence-corrected chi connectivity index (χ2v) is 6.22. The molecule has 1 amide bonds. The topological polar surface area (TPSA) is 46.6 Å². The van der Waals surface area contributed by atoms with Gasteiger partial charge in [0.15, 0.2) is 0 Å². The van der Waals surface area contributed by atoms with E-state index < -0.39 is 11.8 Å². The zero-order valence-corrected chi connectivity index (χ0v) is 15.2. The molecule has 0 aliphatic carbocycles. The lowest BCUT2D eigenvalue weighted by Gasteiger charge is -2.17. The van der Waals surface area contributed by atoms with Gasteiger partial charge in [0.2, 0.25) is 0 Å². The first kappa shape index (κ1) is 18.6. The number of halogens is 1. The molecule has 5 heteroatoms. The molecule has 0 saturated carbocycles. The number of benzene rings is 2. The van der Waals surface area contributed by atoms with Crippen LogP contribution in [0.15, 0.2) is 71.4 Å². The maximum atomic E-state index is 14.0. The number of amides is 1. The van der Waals surface area contributed by atoms with Crippen molar-refractivity contribution in [3.8, 4) is 0 Å². The minimum atomic E-state index is -0.606. The SMILES string of the molecule is COC(=O)C1=C(C)N(CCc2ccccc2)C(=O)C1=Cc1ccccc1F. The zero-order valence-electron chi connectivity index (χ0n) is 15.2. The Morgan fingerprint density at radius 3 is 2.44 bits per heavy atom. The van der Waals surface area contributed by atoms with Crippen LogP contribution in [-0.2, 0) is 20.7 Å². The van der Waals surface area contributed by atoms with E-state index in [-0.39, 0.29) is 22.6 Å². The molecule has 4 nitrogen and oxygen atoms in total. The summed E-state index contributed by atoms with van der Waals surface area (Å²) in [6, 6.07) is 15.9. The number of ether oxygens (including phenoxy) is 1. The molecule has 0 saturated heterocycles. The van der Waals surface area contributed by atoms with Crippen LogP contribution in [0.4, 0.5) is 4.39 Å². The van der Waals surface area contributed by atoms with Crippen LogP contribution < -0.4 is 0 Å². The maximum Gasteiger partial charge on any atom is 0.340 e. The molecule has 0 atom stereocenters. The van der Waals surface area contributed by atoms with Gasteiger partial charge in [-0.05, 0) is 31.1 Å². The lowest BCUT2D eigenvalue weighted by Crippen LogP contribution is -2.27. The fraction of sp³-hybridized carbons (Fsp3) is 0.182. The molecule has 0 bridgehead atoms. The van der Waals surface area contributed by atoms with Crippen LogP contribution in [0, 0.1) is 5.82 Å². The number of methoxy groups -OCH3 is 1. The van der Waals surface area contributed by atoms with Crippen molar-refractivity contribution in [3.05, 3.63) is 88.4 Å². The van der Waals surface area contributed by atoms with Gasteiger partial charge in [-0.15, -0.1) is 0 Å². The van der Waals surface area contributed by atoms with E-state index in [2.05, 4.69) is 0 Å². The highest BCUT2D eigenvalue weighted by Crippen LogP contribution is 2.32. The van der Waals surface area contributed by atoms with Gasteiger partial charge in [-0.1, -0.05) is 48.5 Å². The summed E-state index contributed by atoms with van der Waals surface area (Å²) in [4.78, 5) is 26.8. The summed E-state index contributed by atoms with van der Waals surface area (Å²) in [5.41, 5.74) is 2.19. The molecule has 0 unspecified atom stereocenters. The average Bonchev–Trinajstić information content (AvgIpc) is 2.92. The highest BCUT2D eigenvalue weighted by Gasteiger charge is 2.36. The second kappa shape index (κ2) is 7.99. The Hall–Kier alpha value is -3.21. The Labute approximate surface area is 157 Å². The van der Waals surface area contributed by atoms with Crippen LogP contribution in [0.1, 0.15) is 18.1 Å². The predicted octanol–water partition coefficient (Wildman–Crippen LogP) is 3.74. The van der Waals surface area contributed by atoms with Crippen LogP contribution >= 0.6 is 0 Å². The predicted molar refractivity (Wildman–Crippen MR) is 101 cm³/mol. The molecule has 0 fully saturated rings. The lowest BCUT2D eigenvalue weighted by molar-refractivity contribution is -0.136. The van der Waals surface area contributed by atoms with E-state index in [1.54, 1.807) is 30.0 Å². The quantitative estimate of drug-likeness (QED) is 0.599. The number of hydrogen-bond acceptors (Lipinski definition) is 3. The molecular weight excluding hydrogens is 345 g/mol. The standard InChI is InChI=1S/C22H20FNO3/c1-15-20(22(26)27-2)18(14-17-10-6-7-11-19(17)23)21(25)24(15)13-12-16-8-4-3-5-9-16/h3-11,14H,12-13H2,1-2H3. The van der Waals surface area contributed by atoms with Crippen molar-refractivity contribution in [1.82, 2.24) is 4.90 Å². The van der Waals surface area contributed by atoms with Gasteiger partial charge in [0.25, 0.3) is 5.91 Å². The van der Waals surface area contributed by atoms with Gasteiger partial charge in [-0.2, -0.15) is 0 Å². The Balaban J connectivity index is 1.95. The summed E-state index contributed by atoms with van der Waals surface area (Å²) in [5, 5.41) is 0. The molecular formula is C22H20FNO3. The van der Waals surface area contributed by atoms with Crippen molar-refractivity contribution >= 4 is 18.0 Å². The molecule has 2 aromatic rings. The van der Waals surface area contributed by atoms with Gasteiger partial charge < -0.3 is 9.64 Å². The second-order valence-electron chi connectivity index (χ2n) is 6.22. The Morgan fingerprint density at radius 1 is 1.11 bits per heavy atom. The number of allylic oxidation sites excluding steroid dienone is 1. The minimum absolute atomic E-state index is 0.150. The van der Waals surface area contributed by atoms with Crippen LogP contribution in [-0.4, -0.2) is 30.4 Å². The largest absolute Gasteiger partial charge is 0.465 e. The van der Waals surface area contributed by atoms with Crippen LogP contribution in [0.2, 0.25) is 0 Å². The molecule has 2 aromatic carbocycles. The van der Waals surface area contributed by atoms with Gasteiger partial charge in [0.1, 0.15) is 5.82 Å². The third-order valence-electron chi connectivity index (χ3n) is 4.57. The van der Waals surface area contributed by atoms with E-state index >= 15 is 0 Å². The first-order valence-corrected chi connectivity index (χ1v) is 8.64. The Morgan fingerprint density at radius 2 is 1.78 bits per heavy atom. The van der Waals surface area contributed by atoms with Crippen molar-refractivity contribution < 1.29 is 18.7 Å². The minimum Gasteiger partial charge on any atom is -0.465 e. The van der Waals surface area contributed by atoms with Gasteiger partial charge >= 0.3 is 5.97 Å². The number of carbonyl (C=O) groups excluding carboxylic acids is 2. The summed E-state index contributed by atoms with van der Waals surface area (Å²) in [7, 11) is 1.26. The number of nitrogens with zero attached hydrogens (tertiary/aromatic N) is 1. The normalized spacial score (nSPS) is 15.6. The van der Waals surface area contributed by atoms with Gasteiger partial charge in [0, 0.05) is 17.8 Å². The summed E-state index contributed by atoms with van der Waals surface area (Å²) in [6.07, 6.45) is 2.06. The zero-order chi connectivity index (χ0) is 19.4. The molecule has 3 rings (SSSR count). The summed E-state index contributed by atoms with van der Waals surface area (Å²) >= 11 is 0. The average molecular weight is 365 g/mol. The number of esters is 1. The Bertz CT molecular complexity index is 932. The number of hydrogen-bond donors (Lipinski definition) is 0. The number of rotatable bonds is 5. The smallest absolute Gasteiger partial charge is 0.340 e. The van der Waals surface area contributed by atoms with E-state index in [0.29, 0.717) is 18.7 Å². The van der Waals surface area contributed by atoms with E-state index in [0.717, 1.165) is 5.56 Å². The van der Waals surface area contributed by atoms with Crippen molar-refractivity contribution in [2.45, 2.75) is 13.3 Å². The van der Waals surface area contributed by atoms with Crippen molar-refractivity contribution in [1.29, 1.82) is 0 Å². The monoisotopic (exact) mass is 365 g/mol. The molecule has 138 valence electrons. The fourth-order valence-corrected chi connectivity index (χ4v) is 3.13. The molecule has 1 aliphatic rings. The molecule has 1 aliphatic heterocycles. The summed E-state index contributed by atoms with van der Waals surface area (Å²) < 4.78 is 18.9. The van der Waals surface area contributed by atoms with E-state index in [4.69, 9.17) is 4.74 Å². The maximum absolute atomic E-state index is 14.0. The molecule has 0 aromatic heterocycles. The molecule has 0 spiro atoms. The first-order valence-electron chi connectivity index (χ1n) is 8.64. The van der Waals surface area contributed by atoms with Crippen molar-refractivity contribution in [2.75, 3.05) is 13.7 Å². The number of carbonyl (C=O) groups is 2. The van der Waals surface area contributed by atoms with Crippen LogP contribution in [0.3, 0.4) is 0 Å². The van der Waals surface area contributed by atoms with Gasteiger partial charge in [0.05, 0.1) is 18.3 Å². The van der Waals surface area contributed by atoms with Crippen molar-refractivity contribution in [2.24, 2.45) is 0 Å². The third kappa shape index (κ3) is 3.82. The first-order chi connectivity index (χ1) is 13.0. The van der Waals surface area contributed by atoms with Gasteiger partial charge in [-0.3, -0.25) is 4.79 Å². The third-order valence-corrected chi connectivity index (χ3v) is 4.57. The van der Waals surface area contributed by atoms with Crippen molar-refractivity contribution in [3.63, 3.8) is 0 Å². The highest BCUT2D eigenvalue weighted by atomic mass is 19.1. The Kier molecular flexibility index (Phi) is 5.50. The summed E-state index contributed by atoms with van der Waals surface area (Å²) in [6.45, 7) is 2.13.